The van der Waals surface area contributed by atoms with E-state index in [2.05, 4.69) is 31.4 Å². The molecular weight excluding hydrogens is 390 g/mol. The number of fused-ring (bicyclic) bond motifs is 1. The molecule has 2 rings (SSSR count). The van der Waals surface area contributed by atoms with E-state index in [1.165, 1.54) is 7.11 Å². The van der Waals surface area contributed by atoms with Crippen molar-refractivity contribution in [3.63, 3.8) is 0 Å². The van der Waals surface area contributed by atoms with Crippen molar-refractivity contribution in [2.24, 2.45) is 5.16 Å². The second-order valence-corrected chi connectivity index (χ2v) is 7.25. The molecule has 128 valence electrons. The molecule has 1 N–H and O–H groups in total. The second kappa shape index (κ2) is 7.90. The maximum absolute atomic E-state index is 5.95. The molecule has 0 saturated carbocycles. The Morgan fingerprint density at radius 2 is 2.17 bits per heavy atom. The number of halogens is 1. The van der Waals surface area contributed by atoms with Gasteiger partial charge in [0.1, 0.15) is 24.0 Å². The predicted molar refractivity (Wildman–Crippen MR) is 105 cm³/mol. The molecule has 1 atom stereocenters. The number of thiocarbonyl (C=S) groups is 1. The van der Waals surface area contributed by atoms with E-state index in [1.807, 2.05) is 45.0 Å². The van der Waals surface area contributed by atoms with Gasteiger partial charge in [0.2, 0.25) is 0 Å². The summed E-state index contributed by atoms with van der Waals surface area (Å²) in [4.78, 5) is 9.65. The van der Waals surface area contributed by atoms with Gasteiger partial charge in [-0.3, -0.25) is 4.98 Å². The average Bonchev–Trinajstić information content (AvgIpc) is 2.52. The maximum atomic E-state index is 5.95. The third-order valence-corrected chi connectivity index (χ3v) is 4.10. The van der Waals surface area contributed by atoms with Gasteiger partial charge in [-0.1, -0.05) is 17.4 Å². The highest BCUT2D eigenvalue weighted by Gasteiger charge is 2.20. The van der Waals surface area contributed by atoms with E-state index in [-0.39, 0.29) is 6.10 Å². The Labute approximate surface area is 155 Å². The van der Waals surface area contributed by atoms with Gasteiger partial charge in [0.25, 0.3) is 0 Å². The zero-order valence-corrected chi connectivity index (χ0v) is 16.4. The Morgan fingerprint density at radius 3 is 2.88 bits per heavy atom. The zero-order valence-electron chi connectivity index (χ0n) is 14.0. The normalized spacial score (nSPS) is 13.0. The molecular formula is C17H20BrN3O2S. The molecule has 0 fully saturated rings. The summed E-state index contributed by atoms with van der Waals surface area (Å²) in [6.07, 6.45) is 3.15. The fourth-order valence-corrected chi connectivity index (χ4v) is 2.71. The minimum absolute atomic E-state index is 0.284. The van der Waals surface area contributed by atoms with Crippen LogP contribution >= 0.6 is 28.1 Å². The molecule has 0 spiro atoms. The monoisotopic (exact) mass is 409 g/mol. The Hall–Kier alpha value is -1.73. The van der Waals surface area contributed by atoms with E-state index in [4.69, 9.17) is 21.8 Å². The van der Waals surface area contributed by atoms with E-state index in [0.717, 1.165) is 21.1 Å². The summed E-state index contributed by atoms with van der Waals surface area (Å²) in [6, 6.07) is 7.76. The topological polar surface area (TPSA) is 55.7 Å². The van der Waals surface area contributed by atoms with Crippen LogP contribution in [-0.4, -0.2) is 34.9 Å². The number of pyridine rings is 1. The van der Waals surface area contributed by atoms with Gasteiger partial charge < -0.3 is 14.9 Å². The van der Waals surface area contributed by atoms with Gasteiger partial charge in [-0.2, -0.15) is 0 Å². The Kier molecular flexibility index (Phi) is 6.12. The Morgan fingerprint density at radius 1 is 1.42 bits per heavy atom. The van der Waals surface area contributed by atoms with Crippen LogP contribution in [0, 0.1) is 0 Å². The first-order valence-electron chi connectivity index (χ1n) is 7.42. The summed E-state index contributed by atoms with van der Waals surface area (Å²) in [5, 5.41) is 8.00. The van der Waals surface area contributed by atoms with Crippen LogP contribution in [-0.2, 0) is 4.84 Å². The first-order valence-corrected chi connectivity index (χ1v) is 8.62. The number of benzene rings is 1. The summed E-state index contributed by atoms with van der Waals surface area (Å²) >= 11 is 8.86. The van der Waals surface area contributed by atoms with E-state index in [1.54, 1.807) is 12.4 Å². The SMILES string of the molecule is CON=CC(C)(C)NC(=S)C(C)Oc1ccc2ncc(Br)cc2c1. The van der Waals surface area contributed by atoms with E-state index >= 15 is 0 Å². The van der Waals surface area contributed by atoms with Crippen molar-refractivity contribution in [3.8, 4) is 5.75 Å². The lowest BCUT2D eigenvalue weighted by Crippen LogP contribution is -2.48. The van der Waals surface area contributed by atoms with Crippen molar-refractivity contribution in [3.05, 3.63) is 34.9 Å². The molecule has 1 unspecified atom stereocenters. The Balaban J connectivity index is 2.07. The summed E-state index contributed by atoms with van der Waals surface area (Å²) in [5.41, 5.74) is 0.485. The first kappa shape index (κ1) is 18.6. The largest absolute Gasteiger partial charge is 0.484 e. The molecule has 5 nitrogen and oxygen atoms in total. The minimum atomic E-state index is -0.428. The fraction of sp³-hybridized carbons (Fsp3) is 0.353. The lowest BCUT2D eigenvalue weighted by atomic mass is 10.1. The van der Waals surface area contributed by atoms with Crippen molar-refractivity contribution < 1.29 is 9.57 Å². The van der Waals surface area contributed by atoms with Gasteiger partial charge in [-0.25, -0.2) is 0 Å². The summed E-state index contributed by atoms with van der Waals surface area (Å²) in [5.74, 6) is 0.738. The summed E-state index contributed by atoms with van der Waals surface area (Å²) in [7, 11) is 1.50. The summed E-state index contributed by atoms with van der Waals surface area (Å²) < 4.78 is 6.88. The van der Waals surface area contributed by atoms with E-state index in [0.29, 0.717) is 4.99 Å². The van der Waals surface area contributed by atoms with Gasteiger partial charge in [0.05, 0.1) is 17.3 Å². The van der Waals surface area contributed by atoms with Gasteiger partial charge in [-0.05, 0) is 61.0 Å². The average molecular weight is 410 g/mol. The van der Waals surface area contributed by atoms with Crippen LogP contribution < -0.4 is 10.1 Å². The predicted octanol–water partition coefficient (Wildman–Crippen LogP) is 4.09. The van der Waals surface area contributed by atoms with Gasteiger partial charge >= 0.3 is 0 Å². The maximum Gasteiger partial charge on any atom is 0.146 e. The highest BCUT2D eigenvalue weighted by Crippen LogP contribution is 2.23. The molecule has 0 bridgehead atoms. The lowest BCUT2D eigenvalue weighted by Gasteiger charge is -2.26. The Bertz CT molecular complexity index is 765. The molecule has 1 aromatic carbocycles. The fourth-order valence-electron chi connectivity index (χ4n) is 2.05. The van der Waals surface area contributed by atoms with Gasteiger partial charge in [0.15, 0.2) is 0 Å². The number of hydrogen-bond acceptors (Lipinski definition) is 5. The number of nitrogens with zero attached hydrogens (tertiary/aromatic N) is 2. The number of hydrogen-bond donors (Lipinski definition) is 1. The molecule has 1 heterocycles. The highest BCUT2D eigenvalue weighted by molar-refractivity contribution is 9.10. The van der Waals surface area contributed by atoms with E-state index in [9.17, 15) is 0 Å². The van der Waals surface area contributed by atoms with Crippen LogP contribution in [0.3, 0.4) is 0 Å². The lowest BCUT2D eigenvalue weighted by molar-refractivity contribution is 0.212. The molecule has 7 heteroatoms. The molecule has 1 aromatic heterocycles. The van der Waals surface area contributed by atoms with Crippen LogP contribution in [0.15, 0.2) is 40.1 Å². The number of aromatic nitrogens is 1. The molecule has 0 aliphatic heterocycles. The third kappa shape index (κ3) is 5.14. The summed E-state index contributed by atoms with van der Waals surface area (Å²) in [6.45, 7) is 5.81. The van der Waals surface area contributed by atoms with Crippen LogP contribution in [0.1, 0.15) is 20.8 Å². The minimum Gasteiger partial charge on any atom is -0.484 e. The number of nitrogens with one attached hydrogen (secondary N) is 1. The van der Waals surface area contributed by atoms with Crippen LogP contribution in [0.4, 0.5) is 0 Å². The van der Waals surface area contributed by atoms with Crippen LogP contribution in [0.25, 0.3) is 10.9 Å². The van der Waals surface area contributed by atoms with Crippen LogP contribution in [0.2, 0.25) is 0 Å². The second-order valence-electron chi connectivity index (χ2n) is 5.90. The quantitative estimate of drug-likeness (QED) is 0.442. The number of ether oxygens (including phenoxy) is 1. The molecule has 0 radical (unpaired) electrons. The van der Waals surface area contributed by atoms with Crippen LogP contribution in [0.5, 0.6) is 5.75 Å². The molecule has 0 aliphatic carbocycles. The van der Waals surface area contributed by atoms with E-state index < -0.39 is 5.54 Å². The van der Waals surface area contributed by atoms with Gasteiger partial charge in [-0.15, -0.1) is 0 Å². The number of rotatable bonds is 6. The molecule has 0 amide bonds. The molecule has 24 heavy (non-hydrogen) atoms. The van der Waals surface area contributed by atoms with Crippen molar-refractivity contribution in [1.29, 1.82) is 0 Å². The zero-order chi connectivity index (χ0) is 17.7. The van der Waals surface area contributed by atoms with Gasteiger partial charge in [0, 0.05) is 16.1 Å². The standard InChI is InChI=1S/C17H20BrN3O2S/c1-11(16(24)21-17(2,3)10-20-22-4)23-14-5-6-15-12(8-14)7-13(18)9-19-15/h5-11H,1-4H3,(H,21,24). The van der Waals surface area contributed by atoms with Crippen molar-refractivity contribution in [2.45, 2.75) is 32.4 Å². The molecule has 0 saturated heterocycles. The van der Waals surface area contributed by atoms with Crippen molar-refractivity contribution >= 4 is 50.3 Å². The smallest absolute Gasteiger partial charge is 0.146 e. The molecule has 2 aromatic rings. The first-order chi connectivity index (χ1) is 11.3. The van der Waals surface area contributed by atoms with Crippen molar-refractivity contribution in [1.82, 2.24) is 10.3 Å². The van der Waals surface area contributed by atoms with Crippen molar-refractivity contribution in [2.75, 3.05) is 7.11 Å². The molecule has 0 aliphatic rings. The highest BCUT2D eigenvalue weighted by atomic mass is 79.9. The third-order valence-electron chi connectivity index (χ3n) is 3.23. The number of oxime groups is 1.